The van der Waals surface area contributed by atoms with Crippen LogP contribution in [0, 0.1) is 5.82 Å². The van der Waals surface area contributed by atoms with E-state index in [1.165, 1.54) is 25.1 Å². The maximum atomic E-state index is 13.1. The van der Waals surface area contributed by atoms with Crippen molar-refractivity contribution in [2.24, 2.45) is 0 Å². The number of benzene rings is 2. The first-order valence-electron chi connectivity index (χ1n) is 6.37. The summed E-state index contributed by atoms with van der Waals surface area (Å²) in [6.45, 7) is 1.25. The molecule has 2 aromatic carbocycles. The molecule has 0 atom stereocenters. The van der Waals surface area contributed by atoms with Crippen LogP contribution in [0.15, 0.2) is 42.5 Å². The van der Waals surface area contributed by atoms with E-state index in [0.29, 0.717) is 5.56 Å². The average Bonchev–Trinajstić information content (AvgIpc) is 2.45. The first-order chi connectivity index (χ1) is 10.3. The van der Waals surface area contributed by atoms with Gasteiger partial charge in [-0.3, -0.25) is 4.79 Å². The lowest BCUT2D eigenvalue weighted by Crippen LogP contribution is -2.05. The number of carbonyl (C=O) groups excluding carboxylic acids is 1. The molecule has 0 saturated carbocycles. The van der Waals surface area contributed by atoms with E-state index in [4.69, 9.17) is 4.74 Å². The number of Topliss-reactive ketones (excluding diaryl/α,β-unsaturated/α-hetero) is 1. The third kappa shape index (κ3) is 3.84. The summed E-state index contributed by atoms with van der Waals surface area (Å²) in [5, 5.41) is 0. The monoisotopic (exact) mass is 312 g/mol. The Balaban J connectivity index is 2.12. The van der Waals surface area contributed by atoms with Crippen LogP contribution in [-0.4, -0.2) is 5.78 Å². The predicted molar refractivity (Wildman–Crippen MR) is 72.2 cm³/mol. The summed E-state index contributed by atoms with van der Waals surface area (Å²) in [7, 11) is 0. The van der Waals surface area contributed by atoms with Gasteiger partial charge in [-0.05, 0) is 42.8 Å². The van der Waals surface area contributed by atoms with Crippen molar-refractivity contribution in [2.45, 2.75) is 19.7 Å². The van der Waals surface area contributed by atoms with Gasteiger partial charge in [0, 0.05) is 0 Å². The summed E-state index contributed by atoms with van der Waals surface area (Å²) in [5.74, 6) is -0.734. The first-order valence-corrected chi connectivity index (χ1v) is 6.37. The van der Waals surface area contributed by atoms with Gasteiger partial charge in [-0.15, -0.1) is 0 Å². The van der Waals surface area contributed by atoms with Gasteiger partial charge in [-0.2, -0.15) is 13.2 Å². The van der Waals surface area contributed by atoms with Gasteiger partial charge < -0.3 is 4.74 Å². The molecule has 0 aliphatic rings. The topological polar surface area (TPSA) is 26.3 Å². The van der Waals surface area contributed by atoms with E-state index in [1.807, 2.05) is 0 Å². The van der Waals surface area contributed by atoms with E-state index >= 15 is 0 Å². The second-order valence-electron chi connectivity index (χ2n) is 4.68. The van der Waals surface area contributed by atoms with Crippen molar-refractivity contribution < 1.29 is 27.1 Å². The molecule has 0 aliphatic carbocycles. The first kappa shape index (κ1) is 16.0. The molecule has 116 valence electrons. The molecule has 0 heterocycles. The van der Waals surface area contributed by atoms with E-state index in [0.717, 1.165) is 24.3 Å². The number of halogens is 4. The molecule has 0 N–H and O–H groups in total. The van der Waals surface area contributed by atoms with E-state index in [-0.39, 0.29) is 23.7 Å². The quantitative estimate of drug-likeness (QED) is 0.608. The Morgan fingerprint density at radius 1 is 1.09 bits per heavy atom. The number of hydrogen-bond acceptors (Lipinski definition) is 2. The van der Waals surface area contributed by atoms with Crippen molar-refractivity contribution >= 4 is 5.78 Å². The fourth-order valence-electron chi connectivity index (χ4n) is 1.85. The number of hydrogen-bond donors (Lipinski definition) is 0. The Morgan fingerprint density at radius 3 is 2.27 bits per heavy atom. The molecule has 0 amide bonds. The van der Waals surface area contributed by atoms with Crippen molar-refractivity contribution in [1.29, 1.82) is 0 Å². The molecule has 2 nitrogen and oxygen atoms in total. The Hall–Kier alpha value is -2.37. The average molecular weight is 312 g/mol. The smallest absolute Gasteiger partial charge is 0.416 e. The Bertz CT molecular complexity index is 676. The second-order valence-corrected chi connectivity index (χ2v) is 4.68. The fraction of sp³-hybridized carbons (Fsp3) is 0.188. The summed E-state index contributed by atoms with van der Waals surface area (Å²) in [6, 6.07) is 8.01. The van der Waals surface area contributed by atoms with Crippen molar-refractivity contribution in [2.75, 3.05) is 0 Å². The van der Waals surface area contributed by atoms with Crippen LogP contribution >= 0.6 is 0 Å². The molecule has 0 aliphatic heterocycles. The van der Waals surface area contributed by atoms with Crippen molar-refractivity contribution in [3.8, 4) is 5.75 Å². The fourth-order valence-corrected chi connectivity index (χ4v) is 1.85. The third-order valence-corrected chi connectivity index (χ3v) is 3.00. The van der Waals surface area contributed by atoms with E-state index in [1.54, 1.807) is 0 Å². The largest absolute Gasteiger partial charge is 0.488 e. The van der Waals surface area contributed by atoms with Gasteiger partial charge >= 0.3 is 6.18 Å². The third-order valence-electron chi connectivity index (χ3n) is 3.00. The van der Waals surface area contributed by atoms with Crippen LogP contribution in [0.4, 0.5) is 17.6 Å². The molecule has 0 spiro atoms. The molecule has 0 unspecified atom stereocenters. The molecular formula is C16H12F4O2. The van der Waals surface area contributed by atoms with Gasteiger partial charge in [0.15, 0.2) is 5.78 Å². The highest BCUT2D eigenvalue weighted by Gasteiger charge is 2.29. The molecule has 2 aromatic rings. The highest BCUT2D eigenvalue weighted by Crippen LogP contribution is 2.29. The zero-order valence-electron chi connectivity index (χ0n) is 11.6. The van der Waals surface area contributed by atoms with Gasteiger partial charge in [0.25, 0.3) is 0 Å². The van der Waals surface area contributed by atoms with Crippen LogP contribution in [0.1, 0.15) is 28.4 Å². The van der Waals surface area contributed by atoms with Gasteiger partial charge in [0.2, 0.25) is 0 Å². The number of carbonyl (C=O) groups is 1. The van der Waals surface area contributed by atoms with E-state index in [2.05, 4.69) is 0 Å². The second kappa shape index (κ2) is 6.17. The van der Waals surface area contributed by atoms with Crippen LogP contribution in [0.5, 0.6) is 5.75 Å². The van der Waals surface area contributed by atoms with Crippen LogP contribution in [0.25, 0.3) is 0 Å². The lowest BCUT2D eigenvalue weighted by atomic mass is 10.1. The van der Waals surface area contributed by atoms with E-state index in [9.17, 15) is 22.4 Å². The zero-order chi connectivity index (χ0) is 16.3. The molecule has 6 heteroatoms. The maximum absolute atomic E-state index is 13.1. The highest BCUT2D eigenvalue weighted by atomic mass is 19.4. The Labute approximate surface area is 124 Å². The summed E-state index contributed by atoms with van der Waals surface area (Å²) in [6.07, 6.45) is -4.39. The summed E-state index contributed by atoms with van der Waals surface area (Å²) >= 11 is 0. The van der Waals surface area contributed by atoms with Crippen molar-refractivity contribution in [3.05, 3.63) is 65.0 Å². The number of ether oxygens (including phenoxy) is 1. The van der Waals surface area contributed by atoms with Crippen LogP contribution in [0.2, 0.25) is 0 Å². The normalized spacial score (nSPS) is 11.3. The summed E-state index contributed by atoms with van der Waals surface area (Å²) in [4.78, 5) is 11.4. The van der Waals surface area contributed by atoms with Crippen molar-refractivity contribution in [3.63, 3.8) is 0 Å². The lowest BCUT2D eigenvalue weighted by Gasteiger charge is -2.11. The molecular weight excluding hydrogens is 300 g/mol. The molecule has 0 radical (unpaired) electrons. The minimum Gasteiger partial charge on any atom is -0.488 e. The Morgan fingerprint density at radius 2 is 1.73 bits per heavy atom. The number of ketones is 1. The van der Waals surface area contributed by atoms with Crippen LogP contribution in [0.3, 0.4) is 0 Å². The van der Waals surface area contributed by atoms with Crippen molar-refractivity contribution in [1.82, 2.24) is 0 Å². The minimum absolute atomic E-state index is 0.0238. The highest BCUT2D eigenvalue weighted by molar-refractivity contribution is 5.96. The summed E-state index contributed by atoms with van der Waals surface area (Å²) in [5.41, 5.74) is -0.152. The number of alkyl halides is 3. The van der Waals surface area contributed by atoms with Gasteiger partial charge in [0.05, 0.1) is 11.1 Å². The van der Waals surface area contributed by atoms with Crippen LogP contribution in [-0.2, 0) is 12.8 Å². The van der Waals surface area contributed by atoms with Gasteiger partial charge in [-0.25, -0.2) is 4.39 Å². The molecule has 2 rings (SSSR count). The zero-order valence-corrected chi connectivity index (χ0v) is 11.6. The molecule has 22 heavy (non-hydrogen) atoms. The van der Waals surface area contributed by atoms with Gasteiger partial charge in [-0.1, -0.05) is 12.1 Å². The van der Waals surface area contributed by atoms with Gasteiger partial charge in [0.1, 0.15) is 18.2 Å². The predicted octanol–water partition coefficient (Wildman–Crippen LogP) is 4.63. The maximum Gasteiger partial charge on any atom is 0.416 e. The van der Waals surface area contributed by atoms with E-state index < -0.39 is 17.6 Å². The molecule has 0 bridgehead atoms. The SMILES string of the molecule is CC(=O)c1cc(F)ccc1OCc1ccc(C(F)(F)F)cc1. The number of rotatable bonds is 4. The molecule has 0 saturated heterocycles. The summed E-state index contributed by atoms with van der Waals surface area (Å²) < 4.78 is 55.8. The lowest BCUT2D eigenvalue weighted by molar-refractivity contribution is -0.137. The van der Waals surface area contributed by atoms with Crippen LogP contribution < -0.4 is 4.74 Å². The molecule has 0 fully saturated rings. The standard InChI is InChI=1S/C16H12F4O2/c1-10(21)14-8-13(17)6-7-15(14)22-9-11-2-4-12(5-3-11)16(18,19)20/h2-8H,9H2,1H3. The minimum atomic E-state index is -4.39. The Kier molecular flexibility index (Phi) is 4.49. The molecule has 0 aromatic heterocycles.